The molecule has 1 amide bonds. The Morgan fingerprint density at radius 2 is 1.64 bits per heavy atom. The van der Waals surface area contributed by atoms with Gasteiger partial charge >= 0.3 is 18.4 Å². The predicted molar refractivity (Wildman–Crippen MR) is 105 cm³/mol. The van der Waals surface area contributed by atoms with Crippen LogP contribution < -0.4 is 10.5 Å². The molecule has 0 aliphatic carbocycles. The van der Waals surface area contributed by atoms with Crippen LogP contribution >= 0.6 is 0 Å². The van der Waals surface area contributed by atoms with E-state index in [1.54, 1.807) is 0 Å². The summed E-state index contributed by atoms with van der Waals surface area (Å²) in [6, 6.07) is 6.60. The number of benzene rings is 2. The highest BCUT2D eigenvalue weighted by atomic mass is 19.4. The average molecular weight is 472 g/mol. The fraction of sp³-hybridized carbons (Fsp3) is 0.238. The number of aliphatic hydroxyl groups is 1. The number of aromatic nitrogens is 1. The van der Waals surface area contributed by atoms with Gasteiger partial charge in [-0.15, -0.1) is 0 Å². The fourth-order valence-electron chi connectivity index (χ4n) is 3.69. The highest BCUT2D eigenvalue weighted by Crippen LogP contribution is 2.44. The Kier molecular flexibility index (Phi) is 5.35. The number of ether oxygens (including phenoxy) is 1. The van der Waals surface area contributed by atoms with Crippen molar-refractivity contribution in [1.82, 2.24) is 4.98 Å². The first-order valence-corrected chi connectivity index (χ1v) is 9.44. The Balaban J connectivity index is 1.88. The van der Waals surface area contributed by atoms with Crippen molar-refractivity contribution in [2.75, 3.05) is 18.1 Å². The second kappa shape index (κ2) is 7.80. The molecule has 1 fully saturated rings. The molecule has 0 spiro atoms. The first-order chi connectivity index (χ1) is 15.4. The molecule has 174 valence electrons. The van der Waals surface area contributed by atoms with E-state index in [-0.39, 0.29) is 23.0 Å². The third-order valence-corrected chi connectivity index (χ3v) is 5.16. The summed E-state index contributed by atoms with van der Waals surface area (Å²) in [5.74, 6) is 0. The van der Waals surface area contributed by atoms with Crippen molar-refractivity contribution in [2.45, 2.75) is 18.5 Å². The zero-order valence-electron chi connectivity index (χ0n) is 16.4. The minimum Gasteiger partial charge on any atom is -0.441 e. The van der Waals surface area contributed by atoms with E-state index < -0.39 is 59.1 Å². The Hall–Kier alpha value is -3.54. The number of pyridine rings is 1. The first kappa shape index (κ1) is 22.6. The molecule has 1 aliphatic heterocycles. The predicted octanol–water partition coefficient (Wildman–Crippen LogP) is 4.55. The molecule has 1 atom stereocenters. The molecule has 0 saturated carbocycles. The van der Waals surface area contributed by atoms with E-state index in [2.05, 4.69) is 4.98 Å². The molecule has 33 heavy (non-hydrogen) atoms. The van der Waals surface area contributed by atoms with Crippen LogP contribution in [0.15, 0.2) is 47.3 Å². The Labute approximate surface area is 181 Å². The topological polar surface area (TPSA) is 82.6 Å². The van der Waals surface area contributed by atoms with Crippen molar-refractivity contribution >= 4 is 22.6 Å². The lowest BCUT2D eigenvalue weighted by Crippen LogP contribution is -2.25. The number of hydrogen-bond donors (Lipinski definition) is 2. The van der Waals surface area contributed by atoms with E-state index in [0.29, 0.717) is 18.2 Å². The van der Waals surface area contributed by atoms with Crippen molar-refractivity contribution in [3.05, 3.63) is 63.9 Å². The Morgan fingerprint density at radius 3 is 2.18 bits per heavy atom. The van der Waals surface area contributed by atoms with Crippen LogP contribution in [0.2, 0.25) is 0 Å². The number of fused-ring (bicyclic) bond motifs is 1. The van der Waals surface area contributed by atoms with Crippen LogP contribution in [0.3, 0.4) is 0 Å². The van der Waals surface area contributed by atoms with Gasteiger partial charge in [0.1, 0.15) is 6.10 Å². The molecule has 1 aromatic heterocycles. The Bertz CT molecular complexity index is 1270. The van der Waals surface area contributed by atoms with Gasteiger partial charge in [0, 0.05) is 16.6 Å². The molecule has 2 heterocycles. The van der Waals surface area contributed by atoms with Gasteiger partial charge in [0.05, 0.1) is 30.0 Å². The normalized spacial score (nSPS) is 17.0. The lowest BCUT2D eigenvalue weighted by atomic mass is 9.95. The molecule has 6 nitrogen and oxygen atoms in total. The monoisotopic (exact) mass is 472 g/mol. The van der Waals surface area contributed by atoms with Gasteiger partial charge in [0.25, 0.3) is 5.56 Å². The first-order valence-electron chi connectivity index (χ1n) is 9.44. The molecule has 0 unspecified atom stereocenters. The lowest BCUT2D eigenvalue weighted by molar-refractivity contribution is -0.142. The van der Waals surface area contributed by atoms with E-state index in [4.69, 9.17) is 9.84 Å². The van der Waals surface area contributed by atoms with Crippen LogP contribution in [0.4, 0.5) is 36.8 Å². The van der Waals surface area contributed by atoms with Gasteiger partial charge in [-0.1, -0.05) is 12.1 Å². The number of nitrogens with zero attached hydrogens (tertiary/aromatic N) is 1. The molecular formula is C21H14F6N2O4. The standard InChI is InChI=1S/C21H14F6N2O4/c22-20(23,24)14-2-1-3-15(21(25,26)27)17(14)16-6-10-4-5-11(7-13(10)18(31)28-16)29-8-12(9-30)33-19(29)32/h1-7,12,30H,8-9H2,(H,28,31)/t12-/m1/s1. The highest BCUT2D eigenvalue weighted by Gasteiger charge is 2.41. The molecule has 1 saturated heterocycles. The number of H-pyrrole nitrogens is 1. The zero-order chi connectivity index (χ0) is 24.1. The maximum Gasteiger partial charge on any atom is 0.417 e. The smallest absolute Gasteiger partial charge is 0.417 e. The van der Waals surface area contributed by atoms with E-state index in [0.717, 1.165) is 11.0 Å². The molecular weight excluding hydrogens is 458 g/mol. The number of alkyl halides is 6. The number of halogens is 6. The summed E-state index contributed by atoms with van der Waals surface area (Å²) >= 11 is 0. The summed E-state index contributed by atoms with van der Waals surface area (Å²) in [7, 11) is 0. The van der Waals surface area contributed by atoms with Crippen LogP contribution in [-0.2, 0) is 17.1 Å². The largest absolute Gasteiger partial charge is 0.441 e. The van der Waals surface area contributed by atoms with Crippen molar-refractivity contribution in [2.24, 2.45) is 0 Å². The van der Waals surface area contributed by atoms with Crippen molar-refractivity contribution in [1.29, 1.82) is 0 Å². The lowest BCUT2D eigenvalue weighted by Gasteiger charge is -2.19. The summed E-state index contributed by atoms with van der Waals surface area (Å²) in [5, 5.41) is 9.15. The minimum atomic E-state index is -5.11. The number of hydrogen-bond acceptors (Lipinski definition) is 4. The zero-order valence-corrected chi connectivity index (χ0v) is 16.4. The van der Waals surface area contributed by atoms with Gasteiger partial charge in [-0.3, -0.25) is 9.69 Å². The molecule has 12 heteroatoms. The van der Waals surface area contributed by atoms with Crippen LogP contribution in [0.1, 0.15) is 11.1 Å². The second-order valence-corrected chi connectivity index (χ2v) is 7.31. The molecule has 1 aliphatic rings. The third-order valence-electron chi connectivity index (χ3n) is 5.16. The number of aliphatic hydroxyl groups excluding tert-OH is 1. The number of carbonyl (C=O) groups excluding carboxylic acids is 1. The number of anilines is 1. The quantitative estimate of drug-likeness (QED) is 0.548. The van der Waals surface area contributed by atoms with Gasteiger partial charge in [0.15, 0.2) is 0 Å². The minimum absolute atomic E-state index is 0.00469. The van der Waals surface area contributed by atoms with Gasteiger partial charge < -0.3 is 14.8 Å². The summed E-state index contributed by atoms with van der Waals surface area (Å²) < 4.78 is 86.0. The third kappa shape index (κ3) is 4.13. The van der Waals surface area contributed by atoms with E-state index in [1.807, 2.05) is 0 Å². The SMILES string of the molecule is O=C1O[C@@H](CO)CN1c1ccc2cc(-c3c(C(F)(F)F)cccc3C(F)(F)F)[nH]c(=O)c2c1. The number of amides is 1. The van der Waals surface area contributed by atoms with Crippen LogP contribution in [0.5, 0.6) is 0 Å². The Morgan fingerprint density at radius 1 is 1.00 bits per heavy atom. The second-order valence-electron chi connectivity index (χ2n) is 7.31. The number of nitrogens with one attached hydrogen (secondary N) is 1. The van der Waals surface area contributed by atoms with E-state index in [9.17, 15) is 35.9 Å². The van der Waals surface area contributed by atoms with E-state index >= 15 is 0 Å². The molecule has 2 aromatic carbocycles. The summed E-state index contributed by atoms with van der Waals surface area (Å²) in [5.41, 5.74) is -5.65. The van der Waals surface area contributed by atoms with Crippen molar-refractivity contribution in [3.8, 4) is 11.3 Å². The number of cyclic esters (lactones) is 1. The molecule has 2 N–H and O–H groups in total. The molecule has 3 aromatic rings. The average Bonchev–Trinajstić information content (AvgIpc) is 3.12. The van der Waals surface area contributed by atoms with Gasteiger partial charge in [-0.2, -0.15) is 26.3 Å². The maximum atomic E-state index is 13.5. The van der Waals surface area contributed by atoms with Crippen LogP contribution in [0.25, 0.3) is 22.0 Å². The number of rotatable bonds is 3. The van der Waals surface area contributed by atoms with Crippen LogP contribution in [0, 0.1) is 0 Å². The van der Waals surface area contributed by atoms with Crippen molar-refractivity contribution in [3.63, 3.8) is 0 Å². The highest BCUT2D eigenvalue weighted by molar-refractivity contribution is 5.95. The number of carbonyl (C=O) groups is 1. The van der Waals surface area contributed by atoms with E-state index in [1.165, 1.54) is 18.2 Å². The van der Waals surface area contributed by atoms with Gasteiger partial charge in [-0.25, -0.2) is 4.79 Å². The summed E-state index contributed by atoms with van der Waals surface area (Å²) in [4.78, 5) is 27.9. The number of aromatic amines is 1. The molecule has 4 rings (SSSR count). The molecule has 0 bridgehead atoms. The van der Waals surface area contributed by atoms with Crippen molar-refractivity contribution < 1.29 is 41.0 Å². The van der Waals surface area contributed by atoms with Gasteiger partial charge in [0.2, 0.25) is 0 Å². The fourth-order valence-corrected chi connectivity index (χ4v) is 3.69. The maximum absolute atomic E-state index is 13.5. The molecule has 0 radical (unpaired) electrons. The summed E-state index contributed by atoms with van der Waals surface area (Å²) in [6.45, 7) is -0.412. The van der Waals surface area contributed by atoms with Crippen LogP contribution in [-0.4, -0.2) is 35.4 Å². The summed E-state index contributed by atoms with van der Waals surface area (Å²) in [6.07, 6.45) is -11.7. The van der Waals surface area contributed by atoms with Gasteiger partial charge in [-0.05, 0) is 35.7 Å².